The van der Waals surface area contributed by atoms with E-state index in [2.05, 4.69) is 9.62 Å². The van der Waals surface area contributed by atoms with E-state index >= 15 is 0 Å². The van der Waals surface area contributed by atoms with Crippen LogP contribution < -0.4 is 4.72 Å². The minimum absolute atomic E-state index is 0.0427. The van der Waals surface area contributed by atoms with E-state index in [-0.39, 0.29) is 28.1 Å². The molecule has 2 aromatic rings. The van der Waals surface area contributed by atoms with Crippen LogP contribution >= 0.6 is 11.6 Å². The van der Waals surface area contributed by atoms with E-state index in [0.29, 0.717) is 13.2 Å². The number of nitriles is 1. The second kappa shape index (κ2) is 9.03. The van der Waals surface area contributed by atoms with Crippen molar-refractivity contribution >= 4 is 21.6 Å². The lowest BCUT2D eigenvalue weighted by Crippen LogP contribution is -2.43. The predicted octanol–water partition coefficient (Wildman–Crippen LogP) is 2.87. The van der Waals surface area contributed by atoms with Gasteiger partial charge in [-0.05, 0) is 30.7 Å². The van der Waals surface area contributed by atoms with Crippen molar-refractivity contribution in [3.8, 4) is 6.07 Å². The van der Waals surface area contributed by atoms with Gasteiger partial charge in [0.05, 0.1) is 28.7 Å². The molecule has 1 fully saturated rings. The zero-order chi connectivity index (χ0) is 20.1. The van der Waals surface area contributed by atoms with Gasteiger partial charge in [0.1, 0.15) is 6.07 Å². The number of aryl methyl sites for hydroxylation is 1. The molecular formula is C20H22ClN3O3S. The molecule has 1 aliphatic rings. The normalized spacial score (nSPS) is 16.5. The van der Waals surface area contributed by atoms with Gasteiger partial charge in [-0.1, -0.05) is 41.4 Å². The molecule has 1 aliphatic heterocycles. The maximum atomic E-state index is 12.8. The second-order valence-electron chi connectivity index (χ2n) is 6.68. The Morgan fingerprint density at radius 2 is 1.89 bits per heavy atom. The maximum absolute atomic E-state index is 12.8. The maximum Gasteiger partial charge on any atom is 0.240 e. The molecule has 1 atom stereocenters. The van der Waals surface area contributed by atoms with Gasteiger partial charge >= 0.3 is 0 Å². The van der Waals surface area contributed by atoms with E-state index in [1.165, 1.54) is 18.2 Å². The van der Waals surface area contributed by atoms with Gasteiger partial charge in [-0.25, -0.2) is 13.1 Å². The Hall–Kier alpha value is -1.95. The number of rotatable bonds is 6. The lowest BCUT2D eigenvalue weighted by atomic mass is 10.0. The van der Waals surface area contributed by atoms with Crippen LogP contribution in [-0.2, 0) is 14.8 Å². The topological polar surface area (TPSA) is 82.4 Å². The molecule has 1 saturated heterocycles. The molecule has 0 bridgehead atoms. The molecule has 1 heterocycles. The van der Waals surface area contributed by atoms with Crippen LogP contribution in [0.1, 0.15) is 22.7 Å². The molecular weight excluding hydrogens is 398 g/mol. The van der Waals surface area contributed by atoms with E-state index in [4.69, 9.17) is 21.6 Å². The Labute approximate surface area is 170 Å². The smallest absolute Gasteiger partial charge is 0.240 e. The lowest BCUT2D eigenvalue weighted by Gasteiger charge is -2.35. The van der Waals surface area contributed by atoms with Gasteiger partial charge in [-0.15, -0.1) is 0 Å². The summed E-state index contributed by atoms with van der Waals surface area (Å²) in [5.74, 6) is 0. The molecule has 28 heavy (non-hydrogen) atoms. The van der Waals surface area contributed by atoms with Crippen molar-refractivity contribution in [1.82, 2.24) is 9.62 Å². The molecule has 0 aromatic heterocycles. The van der Waals surface area contributed by atoms with Gasteiger partial charge in [0.2, 0.25) is 10.0 Å². The number of nitrogens with zero attached hydrogens (tertiary/aromatic N) is 2. The van der Waals surface area contributed by atoms with Crippen LogP contribution in [0.15, 0.2) is 47.4 Å². The molecule has 8 heteroatoms. The summed E-state index contributed by atoms with van der Waals surface area (Å²) in [5.41, 5.74) is 2.44. The molecule has 0 spiro atoms. The summed E-state index contributed by atoms with van der Waals surface area (Å²) in [6, 6.07) is 14.0. The first-order valence-corrected chi connectivity index (χ1v) is 10.8. The zero-order valence-corrected chi connectivity index (χ0v) is 17.1. The fourth-order valence-corrected chi connectivity index (χ4v) is 4.51. The van der Waals surface area contributed by atoms with Gasteiger partial charge < -0.3 is 4.74 Å². The number of hydrogen-bond acceptors (Lipinski definition) is 5. The summed E-state index contributed by atoms with van der Waals surface area (Å²) >= 11 is 5.99. The molecule has 0 amide bonds. The zero-order valence-electron chi connectivity index (χ0n) is 15.6. The molecule has 148 valence electrons. The molecule has 0 radical (unpaired) electrons. The number of benzene rings is 2. The van der Waals surface area contributed by atoms with Gasteiger partial charge in [0, 0.05) is 25.7 Å². The van der Waals surface area contributed by atoms with Crippen molar-refractivity contribution in [2.45, 2.75) is 17.9 Å². The van der Waals surface area contributed by atoms with Crippen molar-refractivity contribution in [1.29, 1.82) is 5.26 Å². The summed E-state index contributed by atoms with van der Waals surface area (Å²) in [5, 5.41) is 9.08. The van der Waals surface area contributed by atoms with Gasteiger partial charge in [-0.2, -0.15) is 5.26 Å². The Balaban J connectivity index is 1.81. The average molecular weight is 420 g/mol. The highest BCUT2D eigenvalue weighted by molar-refractivity contribution is 7.89. The fraction of sp³-hybridized carbons (Fsp3) is 0.350. The number of sulfonamides is 1. The molecule has 1 N–H and O–H groups in total. The lowest BCUT2D eigenvalue weighted by molar-refractivity contribution is 0.0172. The third-order valence-corrected chi connectivity index (χ3v) is 6.52. The molecule has 6 nitrogen and oxygen atoms in total. The van der Waals surface area contributed by atoms with Crippen LogP contribution in [0.25, 0.3) is 0 Å². The Morgan fingerprint density at radius 1 is 1.21 bits per heavy atom. The van der Waals surface area contributed by atoms with Crippen LogP contribution in [0.4, 0.5) is 0 Å². The largest absolute Gasteiger partial charge is 0.379 e. The summed E-state index contributed by atoms with van der Waals surface area (Å²) in [7, 11) is -3.76. The van der Waals surface area contributed by atoms with E-state index in [1.54, 1.807) is 0 Å². The van der Waals surface area contributed by atoms with Crippen molar-refractivity contribution < 1.29 is 13.2 Å². The van der Waals surface area contributed by atoms with Crippen LogP contribution in [0, 0.1) is 18.3 Å². The first kappa shape index (κ1) is 20.8. The average Bonchev–Trinajstić information content (AvgIpc) is 2.70. The van der Waals surface area contributed by atoms with E-state index < -0.39 is 10.0 Å². The molecule has 0 saturated carbocycles. The summed E-state index contributed by atoms with van der Waals surface area (Å²) in [6.45, 7) is 4.97. The standard InChI is InChI=1S/C20H22ClN3O3S/c1-15-2-4-16(5-3-15)20(24-8-10-27-11-9-24)14-23-28(25,26)18-7-6-17(13-22)19(21)12-18/h2-7,12,20,23H,8-11,14H2,1H3. The highest BCUT2D eigenvalue weighted by Gasteiger charge is 2.25. The quantitative estimate of drug-likeness (QED) is 0.778. The van der Waals surface area contributed by atoms with Crippen LogP contribution in [0.2, 0.25) is 5.02 Å². The van der Waals surface area contributed by atoms with Crippen molar-refractivity contribution in [2.24, 2.45) is 0 Å². The summed E-state index contributed by atoms with van der Waals surface area (Å²) < 4.78 is 33.7. The van der Waals surface area contributed by atoms with Crippen LogP contribution in [-0.4, -0.2) is 46.2 Å². The predicted molar refractivity (Wildman–Crippen MR) is 108 cm³/mol. The van der Waals surface area contributed by atoms with Crippen molar-refractivity contribution in [3.05, 3.63) is 64.2 Å². The number of ether oxygens (including phenoxy) is 1. The molecule has 1 unspecified atom stereocenters. The highest BCUT2D eigenvalue weighted by Crippen LogP contribution is 2.24. The summed E-state index contributed by atoms with van der Waals surface area (Å²) in [4.78, 5) is 2.27. The van der Waals surface area contributed by atoms with Gasteiger partial charge in [0.25, 0.3) is 0 Å². The molecule has 0 aliphatic carbocycles. The van der Waals surface area contributed by atoms with Crippen molar-refractivity contribution in [2.75, 3.05) is 32.8 Å². The first-order chi connectivity index (χ1) is 13.4. The van der Waals surface area contributed by atoms with E-state index in [1.807, 2.05) is 37.3 Å². The highest BCUT2D eigenvalue weighted by atomic mass is 35.5. The van der Waals surface area contributed by atoms with E-state index in [9.17, 15) is 8.42 Å². The van der Waals surface area contributed by atoms with Crippen LogP contribution in [0.5, 0.6) is 0 Å². The third kappa shape index (κ3) is 4.90. The molecule has 2 aromatic carbocycles. The second-order valence-corrected chi connectivity index (χ2v) is 8.85. The SMILES string of the molecule is Cc1ccc(C(CNS(=O)(=O)c2ccc(C#N)c(Cl)c2)N2CCOCC2)cc1. The number of morpholine rings is 1. The number of halogens is 1. The minimum atomic E-state index is -3.76. The van der Waals surface area contributed by atoms with Gasteiger partial charge in [-0.3, -0.25) is 4.90 Å². The van der Waals surface area contributed by atoms with Crippen LogP contribution in [0.3, 0.4) is 0 Å². The third-order valence-electron chi connectivity index (χ3n) is 4.79. The molecule has 3 rings (SSSR count). The monoisotopic (exact) mass is 419 g/mol. The minimum Gasteiger partial charge on any atom is -0.379 e. The van der Waals surface area contributed by atoms with Crippen molar-refractivity contribution in [3.63, 3.8) is 0 Å². The summed E-state index contributed by atoms with van der Waals surface area (Å²) in [6.07, 6.45) is 0. The fourth-order valence-electron chi connectivity index (χ4n) is 3.16. The number of nitrogens with one attached hydrogen (secondary N) is 1. The number of hydrogen-bond donors (Lipinski definition) is 1. The Kier molecular flexibility index (Phi) is 6.70. The Morgan fingerprint density at radius 3 is 2.50 bits per heavy atom. The van der Waals surface area contributed by atoms with Gasteiger partial charge in [0.15, 0.2) is 0 Å². The first-order valence-electron chi connectivity index (χ1n) is 8.98. The van der Waals surface area contributed by atoms with E-state index in [0.717, 1.165) is 24.2 Å². The Bertz CT molecular complexity index is 965.